The van der Waals surface area contributed by atoms with Gasteiger partial charge >= 0.3 is 6.03 Å². The molecule has 0 radical (unpaired) electrons. The number of anilines is 2. The highest BCUT2D eigenvalue weighted by Gasteiger charge is 2.34. The van der Waals surface area contributed by atoms with Gasteiger partial charge < -0.3 is 25.8 Å². The second-order valence-corrected chi connectivity index (χ2v) is 6.20. The van der Waals surface area contributed by atoms with Gasteiger partial charge in [0.1, 0.15) is 6.04 Å². The minimum atomic E-state index is -0.814. The second kappa shape index (κ2) is 7.87. The van der Waals surface area contributed by atoms with Gasteiger partial charge in [0.25, 0.3) is 0 Å². The van der Waals surface area contributed by atoms with Crippen LogP contribution in [0.4, 0.5) is 16.2 Å². The molecular formula is C17H25N5O3. The van der Waals surface area contributed by atoms with Crippen molar-refractivity contribution in [3.05, 3.63) is 23.8 Å². The van der Waals surface area contributed by atoms with E-state index in [1.807, 2.05) is 44.1 Å². The largest absolute Gasteiger partial charge is 0.378 e. The van der Waals surface area contributed by atoms with Gasteiger partial charge in [0, 0.05) is 45.6 Å². The third-order valence-electron chi connectivity index (χ3n) is 4.23. The van der Waals surface area contributed by atoms with Crippen molar-refractivity contribution < 1.29 is 14.4 Å². The summed E-state index contributed by atoms with van der Waals surface area (Å²) in [5.74, 6) is -0.602. The lowest BCUT2D eigenvalue weighted by Crippen LogP contribution is -2.59. The SMILES string of the molecule is CNC(=O)C[C@@H]1C(=O)NCCN1C(=O)Nc1cc(N(C)C)ccc1C. The van der Waals surface area contributed by atoms with E-state index in [0.717, 1.165) is 11.3 Å². The summed E-state index contributed by atoms with van der Waals surface area (Å²) >= 11 is 0. The first kappa shape index (κ1) is 18.6. The molecular weight excluding hydrogens is 322 g/mol. The molecule has 1 saturated heterocycles. The second-order valence-electron chi connectivity index (χ2n) is 6.20. The molecule has 4 amide bonds. The van der Waals surface area contributed by atoms with Gasteiger partial charge in [-0.2, -0.15) is 0 Å². The van der Waals surface area contributed by atoms with Crippen LogP contribution in [0, 0.1) is 6.92 Å². The third kappa shape index (κ3) is 4.40. The van der Waals surface area contributed by atoms with E-state index in [2.05, 4.69) is 16.0 Å². The van der Waals surface area contributed by atoms with Gasteiger partial charge in [-0.15, -0.1) is 0 Å². The molecule has 1 aromatic carbocycles. The number of carbonyl (C=O) groups excluding carboxylic acids is 3. The Morgan fingerprint density at radius 2 is 2.08 bits per heavy atom. The van der Waals surface area contributed by atoms with Gasteiger partial charge in [0.05, 0.1) is 6.42 Å². The number of rotatable bonds is 4. The van der Waals surface area contributed by atoms with Crippen molar-refractivity contribution in [1.82, 2.24) is 15.5 Å². The van der Waals surface area contributed by atoms with Crippen LogP contribution >= 0.6 is 0 Å². The standard InChI is InChI=1S/C17H25N5O3/c1-11-5-6-12(21(3)4)9-13(11)20-17(25)22-8-7-19-16(24)14(22)10-15(23)18-2/h5-6,9,14H,7-8,10H2,1-4H3,(H,18,23)(H,19,24)(H,20,25)/t14-/m1/s1. The van der Waals surface area contributed by atoms with Crippen molar-refractivity contribution in [3.63, 3.8) is 0 Å². The van der Waals surface area contributed by atoms with Gasteiger partial charge in [-0.25, -0.2) is 4.79 Å². The molecule has 0 aliphatic carbocycles. The molecule has 1 fully saturated rings. The van der Waals surface area contributed by atoms with E-state index < -0.39 is 6.04 Å². The normalized spacial score (nSPS) is 16.9. The number of nitrogens with one attached hydrogen (secondary N) is 3. The summed E-state index contributed by atoms with van der Waals surface area (Å²) in [6.45, 7) is 2.62. The summed E-state index contributed by atoms with van der Waals surface area (Å²) in [4.78, 5) is 39.8. The first-order chi connectivity index (χ1) is 11.8. The zero-order valence-corrected chi connectivity index (χ0v) is 15.0. The van der Waals surface area contributed by atoms with Crippen molar-refractivity contribution in [2.75, 3.05) is 44.4 Å². The van der Waals surface area contributed by atoms with E-state index in [9.17, 15) is 14.4 Å². The summed E-state index contributed by atoms with van der Waals surface area (Å²) in [5.41, 5.74) is 2.56. The predicted molar refractivity (Wildman–Crippen MR) is 96.7 cm³/mol. The van der Waals surface area contributed by atoms with Crippen molar-refractivity contribution in [3.8, 4) is 0 Å². The van der Waals surface area contributed by atoms with Crippen LogP contribution in [0.1, 0.15) is 12.0 Å². The van der Waals surface area contributed by atoms with Crippen LogP contribution < -0.4 is 20.9 Å². The molecule has 25 heavy (non-hydrogen) atoms. The number of amides is 4. The van der Waals surface area contributed by atoms with E-state index in [1.165, 1.54) is 11.9 Å². The van der Waals surface area contributed by atoms with Crippen molar-refractivity contribution in [1.29, 1.82) is 0 Å². The monoisotopic (exact) mass is 347 g/mol. The van der Waals surface area contributed by atoms with Crippen LogP contribution in [0.5, 0.6) is 0 Å². The van der Waals surface area contributed by atoms with Crippen LogP contribution in [0.2, 0.25) is 0 Å². The molecule has 1 atom stereocenters. The number of hydrogen-bond donors (Lipinski definition) is 3. The maximum absolute atomic E-state index is 12.7. The molecule has 1 aromatic rings. The Bertz CT molecular complexity index is 674. The fraction of sp³-hybridized carbons (Fsp3) is 0.471. The molecule has 0 spiro atoms. The predicted octanol–water partition coefficient (Wildman–Crippen LogP) is 0.529. The Hall–Kier alpha value is -2.77. The Labute approximate surface area is 147 Å². The molecule has 136 valence electrons. The average molecular weight is 347 g/mol. The van der Waals surface area contributed by atoms with Gasteiger partial charge in [0.15, 0.2) is 0 Å². The topological polar surface area (TPSA) is 93.8 Å². The summed E-state index contributed by atoms with van der Waals surface area (Å²) in [6.07, 6.45) is -0.0630. The van der Waals surface area contributed by atoms with Gasteiger partial charge in [0.2, 0.25) is 11.8 Å². The summed E-state index contributed by atoms with van der Waals surface area (Å²) in [6, 6.07) is 4.57. The average Bonchev–Trinajstić information content (AvgIpc) is 2.58. The number of benzene rings is 1. The molecule has 1 aliphatic rings. The third-order valence-corrected chi connectivity index (χ3v) is 4.23. The highest BCUT2D eigenvalue weighted by atomic mass is 16.2. The number of hydrogen-bond acceptors (Lipinski definition) is 4. The molecule has 8 nitrogen and oxygen atoms in total. The number of urea groups is 1. The van der Waals surface area contributed by atoms with E-state index in [4.69, 9.17) is 0 Å². The summed E-state index contributed by atoms with van der Waals surface area (Å²) < 4.78 is 0. The summed E-state index contributed by atoms with van der Waals surface area (Å²) in [7, 11) is 5.35. The molecule has 0 saturated carbocycles. The summed E-state index contributed by atoms with van der Waals surface area (Å²) in [5, 5.41) is 8.05. The fourth-order valence-electron chi connectivity index (χ4n) is 2.65. The lowest BCUT2D eigenvalue weighted by Gasteiger charge is -2.34. The zero-order chi connectivity index (χ0) is 18.6. The molecule has 1 aliphatic heterocycles. The van der Waals surface area contributed by atoms with Gasteiger partial charge in [-0.3, -0.25) is 9.59 Å². The maximum Gasteiger partial charge on any atom is 0.322 e. The Kier molecular flexibility index (Phi) is 5.84. The minimum Gasteiger partial charge on any atom is -0.378 e. The van der Waals surface area contributed by atoms with Crippen LogP contribution in [0.25, 0.3) is 0 Å². The minimum absolute atomic E-state index is 0.0630. The fourth-order valence-corrected chi connectivity index (χ4v) is 2.65. The quantitative estimate of drug-likeness (QED) is 0.741. The van der Waals surface area contributed by atoms with Crippen LogP contribution in [0.15, 0.2) is 18.2 Å². The molecule has 0 aromatic heterocycles. The lowest BCUT2D eigenvalue weighted by molar-refractivity contribution is -0.132. The Balaban J connectivity index is 2.19. The smallest absolute Gasteiger partial charge is 0.322 e. The first-order valence-corrected chi connectivity index (χ1v) is 8.17. The number of aryl methyl sites for hydroxylation is 1. The number of piperazine rings is 1. The van der Waals surface area contributed by atoms with Gasteiger partial charge in [-0.05, 0) is 24.6 Å². The van der Waals surface area contributed by atoms with E-state index in [-0.39, 0.29) is 24.3 Å². The molecule has 1 heterocycles. The van der Waals surface area contributed by atoms with Crippen LogP contribution in [0.3, 0.4) is 0 Å². The zero-order valence-electron chi connectivity index (χ0n) is 15.0. The highest BCUT2D eigenvalue weighted by molar-refractivity contribution is 5.97. The lowest BCUT2D eigenvalue weighted by atomic mass is 10.1. The number of carbonyl (C=O) groups is 3. The van der Waals surface area contributed by atoms with Gasteiger partial charge in [-0.1, -0.05) is 6.07 Å². The highest BCUT2D eigenvalue weighted by Crippen LogP contribution is 2.23. The van der Waals surface area contributed by atoms with E-state index in [1.54, 1.807) is 0 Å². The molecule has 3 N–H and O–H groups in total. The molecule has 2 rings (SSSR count). The molecule has 0 unspecified atom stereocenters. The van der Waals surface area contributed by atoms with Crippen molar-refractivity contribution >= 4 is 29.2 Å². The first-order valence-electron chi connectivity index (χ1n) is 8.17. The van der Waals surface area contributed by atoms with E-state index in [0.29, 0.717) is 18.8 Å². The Morgan fingerprint density at radius 1 is 1.36 bits per heavy atom. The Morgan fingerprint density at radius 3 is 2.72 bits per heavy atom. The van der Waals surface area contributed by atoms with Crippen LogP contribution in [-0.2, 0) is 9.59 Å². The van der Waals surface area contributed by atoms with Crippen molar-refractivity contribution in [2.45, 2.75) is 19.4 Å². The van der Waals surface area contributed by atoms with E-state index >= 15 is 0 Å². The van der Waals surface area contributed by atoms with Crippen molar-refractivity contribution in [2.24, 2.45) is 0 Å². The maximum atomic E-state index is 12.7. The van der Waals surface area contributed by atoms with Crippen LogP contribution in [-0.4, -0.2) is 63.0 Å². The molecule has 0 bridgehead atoms. The number of nitrogens with zero attached hydrogens (tertiary/aromatic N) is 2. The molecule has 8 heteroatoms.